The fourth-order valence-corrected chi connectivity index (χ4v) is 3.09. The molecule has 0 aromatic heterocycles. The molecule has 1 fully saturated rings. The minimum Gasteiger partial charge on any atom is -0.496 e. The molecule has 0 unspecified atom stereocenters. The van der Waals surface area contributed by atoms with Crippen molar-refractivity contribution in [1.29, 1.82) is 0 Å². The molecule has 1 saturated carbocycles. The highest BCUT2D eigenvalue weighted by Crippen LogP contribution is 2.49. The highest BCUT2D eigenvalue weighted by Gasteiger charge is 2.29. The van der Waals surface area contributed by atoms with Crippen molar-refractivity contribution >= 4 is 16.8 Å². The van der Waals surface area contributed by atoms with E-state index in [0.29, 0.717) is 5.92 Å². The van der Waals surface area contributed by atoms with Crippen LogP contribution in [0.1, 0.15) is 48.8 Å². The Morgan fingerprint density at radius 3 is 2.70 bits per heavy atom. The van der Waals surface area contributed by atoms with Crippen LogP contribution in [0, 0.1) is 0 Å². The molecular weight excluding hydrogens is 244 g/mol. The van der Waals surface area contributed by atoms with Gasteiger partial charge in [-0.15, -0.1) is 0 Å². The van der Waals surface area contributed by atoms with Crippen LogP contribution >= 0.6 is 0 Å². The van der Waals surface area contributed by atoms with E-state index in [9.17, 15) is 0 Å². The fraction of sp³-hybridized carbons (Fsp3) is 0.368. The minimum absolute atomic E-state index is 0.671. The lowest BCUT2D eigenvalue weighted by Gasteiger charge is -2.15. The summed E-state index contributed by atoms with van der Waals surface area (Å²) in [6.45, 7) is 6.17. The lowest BCUT2D eigenvalue weighted by atomic mass is 9.94. The van der Waals surface area contributed by atoms with Gasteiger partial charge in [-0.2, -0.15) is 0 Å². The topological polar surface area (TPSA) is 9.23 Å². The van der Waals surface area contributed by atoms with Crippen LogP contribution in [-0.2, 0) is 6.42 Å². The Morgan fingerprint density at radius 2 is 2.10 bits per heavy atom. The van der Waals surface area contributed by atoms with Gasteiger partial charge in [0.2, 0.25) is 0 Å². The first kappa shape index (κ1) is 13.2. The van der Waals surface area contributed by atoms with Crippen molar-refractivity contribution in [2.45, 2.75) is 38.5 Å². The zero-order chi connectivity index (χ0) is 14.1. The van der Waals surface area contributed by atoms with E-state index in [2.05, 4.69) is 37.8 Å². The third-order valence-electron chi connectivity index (χ3n) is 4.17. The summed E-state index contributed by atoms with van der Waals surface area (Å²) in [7, 11) is 1.77. The third-order valence-corrected chi connectivity index (χ3v) is 4.17. The predicted molar refractivity (Wildman–Crippen MR) is 86.6 cm³/mol. The maximum absolute atomic E-state index is 5.68. The summed E-state index contributed by atoms with van der Waals surface area (Å²) in [4.78, 5) is 0. The van der Waals surface area contributed by atoms with Gasteiger partial charge in [0.15, 0.2) is 0 Å². The minimum atomic E-state index is 0.671. The third kappa shape index (κ3) is 2.22. The fourth-order valence-electron chi connectivity index (χ4n) is 3.09. The highest BCUT2D eigenvalue weighted by atomic mass is 16.5. The second-order valence-corrected chi connectivity index (χ2v) is 5.70. The van der Waals surface area contributed by atoms with Crippen LogP contribution in [0.3, 0.4) is 0 Å². The molecule has 3 rings (SSSR count). The normalized spacial score (nSPS) is 14.5. The molecule has 0 radical (unpaired) electrons. The summed E-state index contributed by atoms with van der Waals surface area (Å²) in [5.41, 5.74) is 3.93. The predicted octanol–water partition coefficient (Wildman–Crippen LogP) is 5.32. The lowest BCUT2D eigenvalue weighted by Crippen LogP contribution is -1.96. The van der Waals surface area contributed by atoms with E-state index >= 15 is 0 Å². The molecule has 2 aromatic carbocycles. The first-order valence-electron chi connectivity index (χ1n) is 7.54. The largest absolute Gasteiger partial charge is 0.496 e. The molecule has 0 atom stereocenters. The number of hydrogen-bond acceptors (Lipinski definition) is 1. The van der Waals surface area contributed by atoms with Crippen molar-refractivity contribution in [1.82, 2.24) is 0 Å². The second kappa shape index (κ2) is 5.32. The quantitative estimate of drug-likeness (QED) is 0.711. The van der Waals surface area contributed by atoms with Crippen molar-refractivity contribution in [3.8, 4) is 5.75 Å². The number of aryl methyl sites for hydroxylation is 1. The first-order chi connectivity index (χ1) is 9.78. The smallest absolute Gasteiger partial charge is 0.130 e. The van der Waals surface area contributed by atoms with Crippen molar-refractivity contribution in [3.63, 3.8) is 0 Å². The molecule has 0 bridgehead atoms. The molecule has 20 heavy (non-hydrogen) atoms. The number of ether oxygens (including phenoxy) is 1. The Bertz CT molecular complexity index is 650. The van der Waals surface area contributed by atoms with Crippen molar-refractivity contribution in [2.24, 2.45) is 0 Å². The SMILES string of the molecule is C=Cc1cc2cc(CCC)ccc2c(C2CC2)c1OC. The van der Waals surface area contributed by atoms with Crippen LogP contribution in [0.15, 0.2) is 30.8 Å². The van der Waals surface area contributed by atoms with Crippen LogP contribution in [0.5, 0.6) is 5.75 Å². The van der Waals surface area contributed by atoms with Gasteiger partial charge in [0.05, 0.1) is 7.11 Å². The summed E-state index contributed by atoms with van der Waals surface area (Å²) in [5, 5.41) is 2.68. The average Bonchev–Trinajstić information content (AvgIpc) is 3.29. The zero-order valence-corrected chi connectivity index (χ0v) is 12.4. The Hall–Kier alpha value is -1.76. The second-order valence-electron chi connectivity index (χ2n) is 5.70. The van der Waals surface area contributed by atoms with Crippen molar-refractivity contribution < 1.29 is 4.74 Å². The van der Waals surface area contributed by atoms with E-state index in [4.69, 9.17) is 4.74 Å². The molecule has 0 N–H and O–H groups in total. The molecule has 2 aromatic rings. The number of hydrogen-bond donors (Lipinski definition) is 0. The molecule has 0 spiro atoms. The molecule has 0 amide bonds. The molecule has 104 valence electrons. The van der Waals surface area contributed by atoms with E-state index < -0.39 is 0 Å². The van der Waals surface area contributed by atoms with Gasteiger partial charge in [-0.05, 0) is 47.6 Å². The van der Waals surface area contributed by atoms with Crippen molar-refractivity contribution in [2.75, 3.05) is 7.11 Å². The summed E-state index contributed by atoms with van der Waals surface area (Å²) in [5.74, 6) is 1.70. The van der Waals surface area contributed by atoms with Gasteiger partial charge in [0.1, 0.15) is 5.75 Å². The maximum Gasteiger partial charge on any atom is 0.130 e. The molecule has 1 heteroatoms. The van der Waals surface area contributed by atoms with Gasteiger partial charge >= 0.3 is 0 Å². The molecular formula is C19H22O. The Balaban J connectivity index is 2.26. The van der Waals surface area contributed by atoms with Crippen molar-refractivity contribution in [3.05, 3.63) is 47.5 Å². The van der Waals surface area contributed by atoms with E-state index in [0.717, 1.165) is 17.7 Å². The number of fused-ring (bicyclic) bond motifs is 1. The number of methoxy groups -OCH3 is 1. The van der Waals surface area contributed by atoms with Crippen LogP contribution in [0.2, 0.25) is 0 Å². The molecule has 0 aliphatic heterocycles. The van der Waals surface area contributed by atoms with E-state index in [1.165, 1.54) is 41.2 Å². The van der Waals surface area contributed by atoms with Gasteiger partial charge in [-0.1, -0.05) is 44.2 Å². The van der Waals surface area contributed by atoms with Gasteiger partial charge in [-0.3, -0.25) is 0 Å². The monoisotopic (exact) mass is 266 g/mol. The van der Waals surface area contributed by atoms with Gasteiger partial charge < -0.3 is 4.74 Å². The van der Waals surface area contributed by atoms with Crippen LogP contribution in [-0.4, -0.2) is 7.11 Å². The van der Waals surface area contributed by atoms with Gasteiger partial charge in [0.25, 0.3) is 0 Å². The molecule has 1 aliphatic rings. The highest BCUT2D eigenvalue weighted by molar-refractivity contribution is 5.92. The number of benzene rings is 2. The van der Waals surface area contributed by atoms with Crippen LogP contribution in [0.25, 0.3) is 16.8 Å². The van der Waals surface area contributed by atoms with Gasteiger partial charge in [0, 0.05) is 11.1 Å². The molecule has 0 saturated heterocycles. The number of rotatable bonds is 5. The van der Waals surface area contributed by atoms with E-state index in [1.54, 1.807) is 7.11 Å². The Labute approximate surface area is 121 Å². The van der Waals surface area contributed by atoms with E-state index in [-0.39, 0.29) is 0 Å². The summed E-state index contributed by atoms with van der Waals surface area (Å²) < 4.78 is 5.68. The first-order valence-corrected chi connectivity index (χ1v) is 7.54. The summed E-state index contributed by atoms with van der Waals surface area (Å²) in [6, 6.07) is 9.09. The molecule has 0 heterocycles. The van der Waals surface area contributed by atoms with Gasteiger partial charge in [-0.25, -0.2) is 0 Å². The molecule has 1 aliphatic carbocycles. The average molecular weight is 266 g/mol. The Kier molecular flexibility index (Phi) is 3.52. The van der Waals surface area contributed by atoms with E-state index in [1.807, 2.05) is 6.08 Å². The summed E-state index contributed by atoms with van der Waals surface area (Å²) in [6.07, 6.45) is 6.80. The standard InChI is InChI=1S/C19H22O/c1-4-6-13-7-10-17-16(11-13)12-14(5-2)19(20-3)18(17)15-8-9-15/h5,7,10-12,15H,2,4,6,8-9H2,1,3H3. The summed E-state index contributed by atoms with van der Waals surface area (Å²) >= 11 is 0. The van der Waals surface area contributed by atoms with Crippen LogP contribution < -0.4 is 4.74 Å². The molecule has 1 nitrogen and oxygen atoms in total. The Morgan fingerprint density at radius 1 is 1.30 bits per heavy atom. The zero-order valence-electron chi connectivity index (χ0n) is 12.4. The van der Waals surface area contributed by atoms with Crippen LogP contribution in [0.4, 0.5) is 0 Å². The lowest BCUT2D eigenvalue weighted by molar-refractivity contribution is 0.409. The maximum atomic E-state index is 5.68.